The lowest BCUT2D eigenvalue weighted by Crippen LogP contribution is -2.50. The largest absolute Gasteiger partial charge is 0.477 e. The van der Waals surface area contributed by atoms with Crippen LogP contribution in [0.5, 0.6) is 5.75 Å². The molecule has 1 heterocycles. The smallest absolute Gasteiger partial charge is 0.262 e. The number of benzene rings is 2. The first kappa shape index (κ1) is 20.3. The molecule has 8 heteroatoms. The summed E-state index contributed by atoms with van der Waals surface area (Å²) in [7, 11) is 0. The Morgan fingerprint density at radius 2 is 2.00 bits per heavy atom. The summed E-state index contributed by atoms with van der Waals surface area (Å²) in [6.07, 6.45) is 0.144. The van der Waals surface area contributed by atoms with Gasteiger partial charge in [-0.15, -0.1) is 0 Å². The SMILES string of the molecule is CCCNC(=O)[C@H]1CN(CC(=O)Nc2cc(Cl)ccc2Cl)c2ccccc2O1. The fourth-order valence-corrected chi connectivity index (χ4v) is 3.25. The van der Waals surface area contributed by atoms with E-state index < -0.39 is 6.10 Å². The van der Waals surface area contributed by atoms with Gasteiger partial charge in [-0.3, -0.25) is 9.59 Å². The molecule has 0 aliphatic carbocycles. The highest BCUT2D eigenvalue weighted by Crippen LogP contribution is 2.33. The first-order valence-electron chi connectivity index (χ1n) is 9.01. The molecule has 1 atom stereocenters. The Balaban J connectivity index is 1.74. The van der Waals surface area contributed by atoms with E-state index in [2.05, 4.69) is 10.6 Å². The van der Waals surface area contributed by atoms with Gasteiger partial charge in [0.2, 0.25) is 5.91 Å². The van der Waals surface area contributed by atoms with Crippen molar-refractivity contribution in [3.63, 3.8) is 0 Å². The van der Waals surface area contributed by atoms with Crippen molar-refractivity contribution in [3.8, 4) is 5.75 Å². The van der Waals surface area contributed by atoms with E-state index in [1.54, 1.807) is 24.3 Å². The molecule has 2 aromatic rings. The maximum atomic E-state index is 12.6. The Hall–Kier alpha value is -2.44. The minimum Gasteiger partial charge on any atom is -0.477 e. The summed E-state index contributed by atoms with van der Waals surface area (Å²) in [5, 5.41) is 6.48. The molecule has 28 heavy (non-hydrogen) atoms. The van der Waals surface area contributed by atoms with Gasteiger partial charge in [0, 0.05) is 11.6 Å². The van der Waals surface area contributed by atoms with E-state index in [-0.39, 0.29) is 24.9 Å². The number of nitrogens with zero attached hydrogens (tertiary/aromatic N) is 1. The molecule has 1 aliphatic heterocycles. The standard InChI is InChI=1S/C20H21Cl2N3O3/c1-2-9-23-20(27)18-11-25(16-5-3-4-6-17(16)28-18)12-19(26)24-15-10-13(21)7-8-14(15)22/h3-8,10,18H,2,9,11-12H2,1H3,(H,23,27)(H,24,26)/t18-/m1/s1. The molecule has 6 nitrogen and oxygen atoms in total. The van der Waals surface area contributed by atoms with Gasteiger partial charge in [0.15, 0.2) is 6.10 Å². The van der Waals surface area contributed by atoms with Crippen molar-refractivity contribution in [3.05, 3.63) is 52.5 Å². The first-order chi connectivity index (χ1) is 13.5. The number of halogens is 2. The Bertz CT molecular complexity index is 876. The summed E-state index contributed by atoms with van der Waals surface area (Å²) in [5.74, 6) is 0.104. The van der Waals surface area contributed by atoms with Gasteiger partial charge >= 0.3 is 0 Å². The maximum absolute atomic E-state index is 12.6. The number of nitrogens with one attached hydrogen (secondary N) is 2. The van der Waals surface area contributed by atoms with Crippen LogP contribution >= 0.6 is 23.2 Å². The van der Waals surface area contributed by atoms with Crippen molar-refractivity contribution in [2.45, 2.75) is 19.4 Å². The molecule has 0 radical (unpaired) electrons. The van der Waals surface area contributed by atoms with E-state index in [9.17, 15) is 9.59 Å². The van der Waals surface area contributed by atoms with E-state index in [1.165, 1.54) is 0 Å². The number of fused-ring (bicyclic) bond motifs is 1. The number of ether oxygens (including phenoxy) is 1. The second-order valence-electron chi connectivity index (χ2n) is 6.42. The first-order valence-corrected chi connectivity index (χ1v) is 9.76. The van der Waals surface area contributed by atoms with E-state index in [4.69, 9.17) is 27.9 Å². The molecule has 0 bridgehead atoms. The number of para-hydroxylation sites is 2. The Morgan fingerprint density at radius 1 is 1.21 bits per heavy atom. The number of hydrogen-bond donors (Lipinski definition) is 2. The highest BCUT2D eigenvalue weighted by Gasteiger charge is 2.31. The quantitative estimate of drug-likeness (QED) is 0.745. The number of carbonyl (C=O) groups excluding carboxylic acids is 2. The lowest BCUT2D eigenvalue weighted by molar-refractivity contribution is -0.128. The summed E-state index contributed by atoms with van der Waals surface area (Å²) >= 11 is 12.1. The Kier molecular flexibility index (Phi) is 6.65. The van der Waals surface area contributed by atoms with E-state index >= 15 is 0 Å². The molecule has 1 aliphatic rings. The number of amides is 2. The average molecular weight is 422 g/mol. The van der Waals surface area contributed by atoms with Crippen LogP contribution in [0.15, 0.2) is 42.5 Å². The zero-order valence-electron chi connectivity index (χ0n) is 15.4. The van der Waals surface area contributed by atoms with Crippen molar-refractivity contribution in [1.29, 1.82) is 0 Å². The lowest BCUT2D eigenvalue weighted by atomic mass is 10.1. The normalized spacial score (nSPS) is 15.4. The van der Waals surface area contributed by atoms with Crippen LogP contribution in [0, 0.1) is 0 Å². The van der Waals surface area contributed by atoms with Crippen LogP contribution in [0.3, 0.4) is 0 Å². The third kappa shape index (κ3) is 4.88. The fourth-order valence-electron chi connectivity index (χ4n) is 2.91. The van der Waals surface area contributed by atoms with E-state index in [1.807, 2.05) is 30.0 Å². The van der Waals surface area contributed by atoms with Crippen LogP contribution in [0.1, 0.15) is 13.3 Å². The summed E-state index contributed by atoms with van der Waals surface area (Å²) in [4.78, 5) is 26.8. The molecule has 148 valence electrons. The summed E-state index contributed by atoms with van der Waals surface area (Å²) in [6, 6.07) is 12.2. The van der Waals surface area contributed by atoms with Crippen LogP contribution in [0.25, 0.3) is 0 Å². The molecule has 2 amide bonds. The highest BCUT2D eigenvalue weighted by atomic mass is 35.5. The number of hydrogen-bond acceptors (Lipinski definition) is 4. The molecule has 0 aromatic heterocycles. The third-order valence-electron chi connectivity index (χ3n) is 4.24. The molecule has 2 N–H and O–H groups in total. The van der Waals surface area contributed by atoms with Gasteiger partial charge in [-0.25, -0.2) is 0 Å². The second kappa shape index (κ2) is 9.17. The molecule has 0 unspecified atom stereocenters. The molecule has 0 saturated heterocycles. The van der Waals surface area contributed by atoms with Gasteiger partial charge in [0.25, 0.3) is 5.91 Å². The summed E-state index contributed by atoms with van der Waals surface area (Å²) in [6.45, 7) is 2.87. The van der Waals surface area contributed by atoms with Gasteiger partial charge < -0.3 is 20.3 Å². The van der Waals surface area contributed by atoms with Gasteiger partial charge in [-0.05, 0) is 36.8 Å². The molecule has 0 saturated carbocycles. The molecule has 3 rings (SSSR count). The van der Waals surface area contributed by atoms with Crippen molar-refractivity contribution in [1.82, 2.24) is 5.32 Å². The fraction of sp³-hybridized carbons (Fsp3) is 0.300. The predicted molar refractivity (Wildman–Crippen MR) is 111 cm³/mol. The van der Waals surface area contributed by atoms with Gasteiger partial charge in [0.1, 0.15) is 5.75 Å². The van der Waals surface area contributed by atoms with E-state index in [0.717, 1.165) is 12.1 Å². The maximum Gasteiger partial charge on any atom is 0.262 e. The van der Waals surface area contributed by atoms with Crippen molar-refractivity contribution < 1.29 is 14.3 Å². The van der Waals surface area contributed by atoms with Crippen molar-refractivity contribution in [2.24, 2.45) is 0 Å². The van der Waals surface area contributed by atoms with Crippen LogP contribution in [0.4, 0.5) is 11.4 Å². The molecular weight excluding hydrogens is 401 g/mol. The van der Waals surface area contributed by atoms with Crippen LogP contribution < -0.4 is 20.3 Å². The molecule has 0 spiro atoms. The summed E-state index contributed by atoms with van der Waals surface area (Å²) in [5.41, 5.74) is 1.20. The second-order valence-corrected chi connectivity index (χ2v) is 7.26. The van der Waals surface area contributed by atoms with Gasteiger partial charge in [-0.1, -0.05) is 42.3 Å². The minimum absolute atomic E-state index is 0.0424. The van der Waals surface area contributed by atoms with Crippen molar-refractivity contribution >= 4 is 46.4 Å². The number of rotatable bonds is 6. The predicted octanol–water partition coefficient (Wildman–Crippen LogP) is 3.73. The Morgan fingerprint density at radius 3 is 2.79 bits per heavy atom. The molecular formula is C20H21Cl2N3O3. The monoisotopic (exact) mass is 421 g/mol. The van der Waals surface area contributed by atoms with Crippen molar-refractivity contribution in [2.75, 3.05) is 29.9 Å². The average Bonchev–Trinajstić information content (AvgIpc) is 2.68. The number of carbonyl (C=O) groups is 2. The third-order valence-corrected chi connectivity index (χ3v) is 4.80. The molecule has 2 aromatic carbocycles. The van der Waals surface area contributed by atoms with Crippen LogP contribution in [-0.2, 0) is 9.59 Å². The minimum atomic E-state index is -0.691. The lowest BCUT2D eigenvalue weighted by Gasteiger charge is -2.35. The summed E-state index contributed by atoms with van der Waals surface area (Å²) < 4.78 is 5.83. The van der Waals surface area contributed by atoms with Crippen LogP contribution in [0.2, 0.25) is 10.0 Å². The van der Waals surface area contributed by atoms with Crippen LogP contribution in [-0.4, -0.2) is 37.6 Å². The van der Waals surface area contributed by atoms with Gasteiger partial charge in [0.05, 0.1) is 29.5 Å². The highest BCUT2D eigenvalue weighted by molar-refractivity contribution is 6.35. The molecule has 0 fully saturated rings. The number of anilines is 2. The van der Waals surface area contributed by atoms with E-state index in [0.29, 0.717) is 28.0 Å². The zero-order chi connectivity index (χ0) is 20.1. The zero-order valence-corrected chi connectivity index (χ0v) is 16.9. The Labute approximate surface area is 173 Å². The van der Waals surface area contributed by atoms with Gasteiger partial charge in [-0.2, -0.15) is 0 Å². The topological polar surface area (TPSA) is 70.7 Å².